The van der Waals surface area contributed by atoms with Crippen LogP contribution >= 0.6 is 0 Å². The summed E-state index contributed by atoms with van der Waals surface area (Å²) in [6.45, 7) is 2.22. The fourth-order valence-electron chi connectivity index (χ4n) is 2.81. The summed E-state index contributed by atoms with van der Waals surface area (Å²) in [7, 11) is 0. The number of anilines is 1. The van der Waals surface area contributed by atoms with Gasteiger partial charge >= 0.3 is 0 Å². The molecule has 1 aliphatic carbocycles. The molecule has 2 aromatic carbocycles. The van der Waals surface area contributed by atoms with Crippen LogP contribution in [0.15, 0.2) is 42.5 Å². The Bertz CT molecular complexity index is 818. The van der Waals surface area contributed by atoms with Gasteiger partial charge in [-0.05, 0) is 55.7 Å². The Morgan fingerprint density at radius 1 is 1.28 bits per heavy atom. The van der Waals surface area contributed by atoms with Crippen LogP contribution in [0.2, 0.25) is 0 Å². The van der Waals surface area contributed by atoms with Gasteiger partial charge in [-0.25, -0.2) is 0 Å². The van der Waals surface area contributed by atoms with Gasteiger partial charge in [0.05, 0.1) is 24.7 Å². The summed E-state index contributed by atoms with van der Waals surface area (Å²) in [4.78, 5) is 12.4. The first-order valence-electron chi connectivity index (χ1n) is 8.31. The third-order valence-electron chi connectivity index (χ3n) is 4.45. The van der Waals surface area contributed by atoms with Crippen molar-refractivity contribution < 1.29 is 14.6 Å². The molecule has 1 amide bonds. The maximum Gasteiger partial charge on any atom is 0.255 e. The number of carbonyl (C=O) groups is 1. The lowest BCUT2D eigenvalue weighted by molar-refractivity contribution is 0.102. The monoisotopic (exact) mass is 336 g/mol. The highest BCUT2D eigenvalue weighted by Crippen LogP contribution is 2.47. The average Bonchev–Trinajstić information content (AvgIpc) is 3.44. The van der Waals surface area contributed by atoms with Gasteiger partial charge in [0.2, 0.25) is 0 Å². The lowest BCUT2D eigenvalue weighted by Crippen LogP contribution is -2.13. The Morgan fingerprint density at radius 3 is 2.56 bits per heavy atom. The van der Waals surface area contributed by atoms with Crippen LogP contribution in [0.3, 0.4) is 0 Å². The van der Waals surface area contributed by atoms with Gasteiger partial charge in [-0.2, -0.15) is 5.26 Å². The minimum absolute atomic E-state index is 0.163. The lowest BCUT2D eigenvalue weighted by Gasteiger charge is -2.12. The molecule has 128 valence electrons. The molecule has 0 unspecified atom stereocenters. The summed E-state index contributed by atoms with van der Waals surface area (Å²) in [5.41, 5.74) is 2.37. The number of amides is 1. The molecule has 1 fully saturated rings. The minimum Gasteiger partial charge on any atom is -0.494 e. The van der Waals surface area contributed by atoms with Crippen LogP contribution in [0.4, 0.5) is 5.69 Å². The molecule has 0 aliphatic heterocycles. The SMILES string of the molecule is CCOc1ccc(NC(=O)c2ccc(C3(C#N)CC3)cc2)cc1CO. The number of benzene rings is 2. The number of hydrogen-bond acceptors (Lipinski definition) is 4. The number of aliphatic hydroxyl groups is 1. The minimum atomic E-state index is -0.347. The molecule has 0 radical (unpaired) electrons. The molecular formula is C20H20N2O3. The summed E-state index contributed by atoms with van der Waals surface area (Å²) in [6.07, 6.45) is 1.76. The van der Waals surface area contributed by atoms with Crippen molar-refractivity contribution in [2.45, 2.75) is 31.8 Å². The number of carbonyl (C=O) groups excluding carboxylic acids is 1. The molecule has 3 rings (SSSR count). The third-order valence-corrected chi connectivity index (χ3v) is 4.45. The van der Waals surface area contributed by atoms with E-state index in [1.165, 1.54) is 0 Å². The first-order valence-corrected chi connectivity index (χ1v) is 8.31. The van der Waals surface area contributed by atoms with E-state index in [0.29, 0.717) is 29.2 Å². The van der Waals surface area contributed by atoms with Gasteiger partial charge in [0.25, 0.3) is 5.91 Å². The number of aliphatic hydroxyl groups excluding tert-OH is 1. The zero-order chi connectivity index (χ0) is 17.9. The van der Waals surface area contributed by atoms with Gasteiger partial charge in [-0.15, -0.1) is 0 Å². The van der Waals surface area contributed by atoms with Crippen LogP contribution < -0.4 is 10.1 Å². The van der Waals surface area contributed by atoms with Crippen molar-refractivity contribution in [1.29, 1.82) is 5.26 Å². The zero-order valence-electron chi connectivity index (χ0n) is 14.1. The highest BCUT2D eigenvalue weighted by atomic mass is 16.5. The van der Waals surface area contributed by atoms with E-state index in [1.54, 1.807) is 30.3 Å². The topological polar surface area (TPSA) is 82.3 Å². The van der Waals surface area contributed by atoms with Crippen molar-refractivity contribution in [3.63, 3.8) is 0 Å². The molecule has 0 saturated heterocycles. The third kappa shape index (κ3) is 3.49. The molecule has 2 aromatic rings. The molecule has 25 heavy (non-hydrogen) atoms. The van der Waals surface area contributed by atoms with Crippen LogP contribution in [-0.4, -0.2) is 17.6 Å². The highest BCUT2D eigenvalue weighted by Gasteiger charge is 2.44. The Hall–Kier alpha value is -2.84. The van der Waals surface area contributed by atoms with Gasteiger partial charge in [0.1, 0.15) is 5.75 Å². The summed E-state index contributed by atoms with van der Waals surface area (Å²) in [5.74, 6) is 0.375. The second-order valence-electron chi connectivity index (χ2n) is 6.14. The molecule has 5 heteroatoms. The van der Waals surface area contributed by atoms with Gasteiger partial charge < -0.3 is 15.2 Å². The Balaban J connectivity index is 1.73. The summed E-state index contributed by atoms with van der Waals surface area (Å²) >= 11 is 0. The first kappa shape index (κ1) is 17.0. The lowest BCUT2D eigenvalue weighted by atomic mass is 9.96. The molecule has 1 aliphatic rings. The van der Waals surface area contributed by atoms with Gasteiger partial charge in [0, 0.05) is 16.8 Å². The van der Waals surface area contributed by atoms with E-state index >= 15 is 0 Å². The Labute approximate surface area is 146 Å². The molecule has 1 saturated carbocycles. The molecule has 0 bridgehead atoms. The molecule has 5 nitrogen and oxygen atoms in total. The largest absolute Gasteiger partial charge is 0.494 e. The first-order chi connectivity index (χ1) is 12.1. The van der Waals surface area contributed by atoms with E-state index in [0.717, 1.165) is 18.4 Å². The Morgan fingerprint density at radius 2 is 2.00 bits per heavy atom. The molecule has 2 N–H and O–H groups in total. The van der Waals surface area contributed by atoms with E-state index < -0.39 is 0 Å². The maximum atomic E-state index is 12.4. The van der Waals surface area contributed by atoms with Gasteiger partial charge in [0.15, 0.2) is 0 Å². The number of nitrogens with one attached hydrogen (secondary N) is 1. The second kappa shape index (κ2) is 6.96. The average molecular weight is 336 g/mol. The van der Waals surface area contributed by atoms with Gasteiger partial charge in [-0.3, -0.25) is 4.79 Å². The predicted octanol–water partition coefficient (Wildman–Crippen LogP) is 3.39. The Kier molecular flexibility index (Phi) is 4.73. The van der Waals surface area contributed by atoms with Crippen LogP contribution in [0, 0.1) is 11.3 Å². The number of nitrogens with zero attached hydrogens (tertiary/aromatic N) is 1. The quantitative estimate of drug-likeness (QED) is 0.847. The van der Waals surface area contributed by atoms with E-state index in [-0.39, 0.29) is 17.9 Å². The van der Waals surface area contributed by atoms with Crippen LogP contribution in [0.25, 0.3) is 0 Å². The molecule has 0 heterocycles. The predicted molar refractivity (Wildman–Crippen MR) is 94.5 cm³/mol. The summed E-state index contributed by atoms with van der Waals surface area (Å²) in [6, 6.07) is 14.7. The van der Waals surface area contributed by atoms with E-state index in [2.05, 4.69) is 11.4 Å². The van der Waals surface area contributed by atoms with Crippen LogP contribution in [-0.2, 0) is 12.0 Å². The molecule has 0 spiro atoms. The van der Waals surface area contributed by atoms with E-state index in [1.807, 2.05) is 19.1 Å². The normalized spacial score (nSPS) is 14.4. The van der Waals surface area contributed by atoms with E-state index in [4.69, 9.17) is 4.74 Å². The fraction of sp³-hybridized carbons (Fsp3) is 0.300. The fourth-order valence-corrected chi connectivity index (χ4v) is 2.81. The number of nitriles is 1. The van der Waals surface area contributed by atoms with Crippen molar-refractivity contribution in [2.75, 3.05) is 11.9 Å². The smallest absolute Gasteiger partial charge is 0.255 e. The zero-order valence-corrected chi connectivity index (χ0v) is 14.1. The second-order valence-corrected chi connectivity index (χ2v) is 6.14. The standard InChI is InChI=1S/C20H20N2O3/c1-2-25-18-8-7-17(11-15(18)12-23)22-19(24)14-3-5-16(6-4-14)20(13-21)9-10-20/h3-8,11,23H,2,9-10,12H2,1H3,(H,22,24). The number of ether oxygens (including phenoxy) is 1. The van der Waals surface area contributed by atoms with Crippen molar-refractivity contribution in [1.82, 2.24) is 0 Å². The molecule has 0 aromatic heterocycles. The molecule has 0 atom stereocenters. The van der Waals surface area contributed by atoms with Crippen molar-refractivity contribution >= 4 is 11.6 Å². The van der Waals surface area contributed by atoms with Crippen LogP contribution in [0.1, 0.15) is 41.3 Å². The van der Waals surface area contributed by atoms with E-state index in [9.17, 15) is 15.2 Å². The van der Waals surface area contributed by atoms with Crippen molar-refractivity contribution in [3.05, 3.63) is 59.2 Å². The summed E-state index contributed by atoms with van der Waals surface area (Å²) in [5, 5.41) is 21.5. The molecular weight excluding hydrogens is 316 g/mol. The highest BCUT2D eigenvalue weighted by molar-refractivity contribution is 6.04. The number of hydrogen-bond donors (Lipinski definition) is 2. The van der Waals surface area contributed by atoms with Crippen LogP contribution in [0.5, 0.6) is 5.75 Å². The summed E-state index contributed by atoms with van der Waals surface area (Å²) < 4.78 is 5.43. The van der Waals surface area contributed by atoms with Gasteiger partial charge in [-0.1, -0.05) is 12.1 Å². The van der Waals surface area contributed by atoms with Crippen molar-refractivity contribution in [3.8, 4) is 11.8 Å². The van der Waals surface area contributed by atoms with Crippen molar-refractivity contribution in [2.24, 2.45) is 0 Å². The maximum absolute atomic E-state index is 12.4. The number of rotatable bonds is 6.